The molecule has 1 aromatic rings. The maximum Gasteiger partial charge on any atom is 0.147 e. The van der Waals surface area contributed by atoms with Crippen molar-refractivity contribution in [1.82, 2.24) is 15.3 Å². The van der Waals surface area contributed by atoms with E-state index in [0.717, 1.165) is 37.1 Å². The number of aromatic nitrogens is 2. The summed E-state index contributed by atoms with van der Waals surface area (Å²) < 4.78 is 0. The Kier molecular flexibility index (Phi) is 3.72. The molecule has 0 unspecified atom stereocenters. The molecule has 1 heterocycles. The molecule has 0 bridgehead atoms. The minimum atomic E-state index is 0.780. The van der Waals surface area contributed by atoms with Crippen molar-refractivity contribution < 1.29 is 0 Å². The molecule has 1 aromatic heterocycles. The third-order valence-corrected chi connectivity index (χ3v) is 2.93. The molecule has 0 radical (unpaired) electrons. The monoisotopic (exact) mass is 220 g/mol. The van der Waals surface area contributed by atoms with Crippen molar-refractivity contribution in [2.45, 2.75) is 26.3 Å². The van der Waals surface area contributed by atoms with Gasteiger partial charge in [-0.1, -0.05) is 0 Å². The van der Waals surface area contributed by atoms with E-state index in [1.165, 1.54) is 12.8 Å². The van der Waals surface area contributed by atoms with Crippen LogP contribution in [-0.4, -0.2) is 30.1 Å². The number of hydrogen-bond acceptors (Lipinski definition) is 4. The molecule has 0 atom stereocenters. The van der Waals surface area contributed by atoms with E-state index in [-0.39, 0.29) is 0 Å². The van der Waals surface area contributed by atoms with Crippen molar-refractivity contribution in [2.24, 2.45) is 5.92 Å². The predicted octanol–water partition coefficient (Wildman–Crippen LogP) is 1.43. The van der Waals surface area contributed by atoms with Gasteiger partial charge in [-0.05, 0) is 32.7 Å². The van der Waals surface area contributed by atoms with Crippen LogP contribution in [0.2, 0.25) is 0 Å². The molecule has 0 spiro atoms. The Morgan fingerprint density at radius 3 is 2.69 bits per heavy atom. The quantitative estimate of drug-likeness (QED) is 0.787. The highest BCUT2D eigenvalue weighted by atomic mass is 15.2. The molecule has 0 aromatic carbocycles. The van der Waals surface area contributed by atoms with Crippen LogP contribution in [0.25, 0.3) is 0 Å². The number of hydrogen-bond donors (Lipinski definition) is 1. The molecule has 1 aliphatic carbocycles. The van der Waals surface area contributed by atoms with Crippen molar-refractivity contribution in [3.63, 3.8) is 0 Å². The molecule has 88 valence electrons. The van der Waals surface area contributed by atoms with Crippen LogP contribution >= 0.6 is 0 Å². The van der Waals surface area contributed by atoms with E-state index in [2.05, 4.69) is 27.1 Å². The van der Waals surface area contributed by atoms with Crippen LogP contribution in [0.3, 0.4) is 0 Å². The maximum atomic E-state index is 4.47. The average Bonchev–Trinajstić information content (AvgIpc) is 3.11. The molecule has 1 N–H and O–H groups in total. The Morgan fingerprint density at radius 2 is 2.19 bits per heavy atom. The highest BCUT2D eigenvalue weighted by Crippen LogP contribution is 2.30. The van der Waals surface area contributed by atoms with Crippen LogP contribution < -0.4 is 10.2 Å². The first kappa shape index (κ1) is 11.3. The first-order valence-electron chi connectivity index (χ1n) is 6.04. The second-order valence-corrected chi connectivity index (χ2v) is 4.38. The third kappa shape index (κ3) is 2.92. The summed E-state index contributed by atoms with van der Waals surface area (Å²) in [5.74, 6) is 1.90. The van der Waals surface area contributed by atoms with Gasteiger partial charge >= 0.3 is 0 Å². The molecule has 4 nitrogen and oxygen atoms in total. The van der Waals surface area contributed by atoms with Crippen molar-refractivity contribution in [3.8, 4) is 0 Å². The Morgan fingerprint density at radius 1 is 1.38 bits per heavy atom. The van der Waals surface area contributed by atoms with E-state index in [1.807, 2.05) is 19.4 Å². The second-order valence-electron chi connectivity index (χ2n) is 4.38. The third-order valence-electron chi connectivity index (χ3n) is 2.93. The summed E-state index contributed by atoms with van der Waals surface area (Å²) in [5.41, 5.74) is 0.994. The summed E-state index contributed by atoms with van der Waals surface area (Å²) in [5, 5.41) is 3.07. The van der Waals surface area contributed by atoms with Crippen LogP contribution in [0.4, 0.5) is 5.82 Å². The Balaban J connectivity index is 1.99. The van der Waals surface area contributed by atoms with Crippen molar-refractivity contribution >= 4 is 5.82 Å². The van der Waals surface area contributed by atoms with Gasteiger partial charge < -0.3 is 10.2 Å². The first-order chi connectivity index (χ1) is 7.83. The largest absolute Gasteiger partial charge is 0.355 e. The normalized spacial score (nSPS) is 15.1. The molecule has 0 aliphatic heterocycles. The molecule has 2 rings (SSSR count). The fourth-order valence-electron chi connectivity index (χ4n) is 1.78. The number of rotatable bonds is 6. The van der Waals surface area contributed by atoms with E-state index in [9.17, 15) is 0 Å². The molecule has 0 amide bonds. The highest BCUT2D eigenvalue weighted by Gasteiger charge is 2.24. The molecule has 4 heteroatoms. The number of nitrogens with one attached hydrogen (secondary N) is 1. The first-order valence-corrected chi connectivity index (χ1v) is 6.04. The molecule has 16 heavy (non-hydrogen) atoms. The van der Waals surface area contributed by atoms with E-state index in [4.69, 9.17) is 0 Å². The molecule has 1 fully saturated rings. The average molecular weight is 220 g/mol. The minimum Gasteiger partial charge on any atom is -0.355 e. The van der Waals surface area contributed by atoms with Gasteiger partial charge in [0.15, 0.2) is 0 Å². The summed E-state index contributed by atoms with van der Waals surface area (Å²) in [6.45, 7) is 5.10. The van der Waals surface area contributed by atoms with Gasteiger partial charge in [-0.3, -0.25) is 4.98 Å². The fourth-order valence-corrected chi connectivity index (χ4v) is 1.78. The van der Waals surface area contributed by atoms with E-state index in [1.54, 1.807) is 0 Å². The van der Waals surface area contributed by atoms with Gasteiger partial charge in [0.05, 0.1) is 18.1 Å². The molecule has 0 saturated heterocycles. The topological polar surface area (TPSA) is 41.1 Å². The lowest BCUT2D eigenvalue weighted by Crippen LogP contribution is -2.26. The zero-order valence-corrected chi connectivity index (χ0v) is 10.1. The summed E-state index contributed by atoms with van der Waals surface area (Å²) in [7, 11) is 1.92. The summed E-state index contributed by atoms with van der Waals surface area (Å²) >= 11 is 0. The molecule has 1 saturated carbocycles. The van der Waals surface area contributed by atoms with Gasteiger partial charge in [0, 0.05) is 19.6 Å². The lowest BCUT2D eigenvalue weighted by Gasteiger charge is -2.21. The predicted molar refractivity (Wildman–Crippen MR) is 65.4 cm³/mol. The van der Waals surface area contributed by atoms with Crippen molar-refractivity contribution in [2.75, 3.05) is 25.0 Å². The number of nitrogens with zero attached hydrogens (tertiary/aromatic N) is 3. The van der Waals surface area contributed by atoms with Gasteiger partial charge in [-0.15, -0.1) is 0 Å². The van der Waals surface area contributed by atoms with E-state index in [0.29, 0.717) is 0 Å². The zero-order valence-electron chi connectivity index (χ0n) is 10.1. The van der Waals surface area contributed by atoms with Crippen molar-refractivity contribution in [1.29, 1.82) is 0 Å². The van der Waals surface area contributed by atoms with Gasteiger partial charge in [-0.25, -0.2) is 4.98 Å². The standard InChI is InChI=1S/C12H20N4/c1-3-16(9-10-4-5-10)12-8-14-11(6-13-2)7-15-12/h7-8,10,13H,3-6,9H2,1-2H3. The lowest BCUT2D eigenvalue weighted by molar-refractivity contribution is 0.723. The van der Waals surface area contributed by atoms with Gasteiger partial charge in [0.25, 0.3) is 0 Å². The van der Waals surface area contributed by atoms with Crippen LogP contribution in [0.15, 0.2) is 12.4 Å². The van der Waals surface area contributed by atoms with Crippen LogP contribution in [0.1, 0.15) is 25.5 Å². The summed E-state index contributed by atoms with van der Waals surface area (Å²) in [4.78, 5) is 11.2. The second kappa shape index (κ2) is 5.25. The van der Waals surface area contributed by atoms with Gasteiger partial charge in [0.2, 0.25) is 0 Å². The van der Waals surface area contributed by atoms with Crippen LogP contribution in [0.5, 0.6) is 0 Å². The zero-order chi connectivity index (χ0) is 11.4. The Labute approximate surface area is 97.1 Å². The lowest BCUT2D eigenvalue weighted by atomic mass is 10.3. The van der Waals surface area contributed by atoms with Crippen LogP contribution in [-0.2, 0) is 6.54 Å². The minimum absolute atomic E-state index is 0.780. The van der Waals surface area contributed by atoms with E-state index >= 15 is 0 Å². The smallest absolute Gasteiger partial charge is 0.147 e. The molecule has 1 aliphatic rings. The molecular weight excluding hydrogens is 200 g/mol. The van der Waals surface area contributed by atoms with Gasteiger partial charge in [0.1, 0.15) is 5.82 Å². The van der Waals surface area contributed by atoms with Crippen LogP contribution in [0, 0.1) is 5.92 Å². The molecular formula is C12H20N4. The summed E-state index contributed by atoms with van der Waals surface area (Å²) in [6.07, 6.45) is 6.50. The Bertz CT molecular complexity index is 318. The maximum absolute atomic E-state index is 4.47. The Hall–Kier alpha value is -1.16. The fraction of sp³-hybridized carbons (Fsp3) is 0.667. The SMILES string of the molecule is CCN(CC1CC1)c1cnc(CNC)cn1. The van der Waals surface area contributed by atoms with E-state index < -0.39 is 0 Å². The van der Waals surface area contributed by atoms with Gasteiger partial charge in [-0.2, -0.15) is 0 Å². The highest BCUT2D eigenvalue weighted by molar-refractivity contribution is 5.35. The number of anilines is 1. The van der Waals surface area contributed by atoms with Crippen molar-refractivity contribution in [3.05, 3.63) is 18.1 Å². The summed E-state index contributed by atoms with van der Waals surface area (Å²) in [6, 6.07) is 0.